The van der Waals surface area contributed by atoms with Crippen LogP contribution in [0.1, 0.15) is 50.5 Å². The molecule has 1 aromatic rings. The number of nitrogens with one attached hydrogen (secondary N) is 1. The topological polar surface area (TPSA) is 89.2 Å². The Hall–Kier alpha value is -3.08. The first-order valence-corrected chi connectivity index (χ1v) is 9.82. The van der Waals surface area contributed by atoms with E-state index in [1.165, 1.54) is 17.0 Å². The smallest absolute Gasteiger partial charge is 0.238 e. The predicted octanol–water partition coefficient (Wildman–Crippen LogP) is 2.84. The third-order valence-corrected chi connectivity index (χ3v) is 5.60. The van der Waals surface area contributed by atoms with E-state index in [1.807, 2.05) is 6.07 Å². The molecule has 6 nitrogen and oxygen atoms in total. The number of likely N-dealkylation sites (tertiary alicyclic amines) is 1. The molecule has 2 aliphatic rings. The number of ether oxygens (including phenoxy) is 1. The molecule has 7 heteroatoms. The van der Waals surface area contributed by atoms with Crippen LogP contribution < -0.4 is 10.1 Å². The lowest BCUT2D eigenvalue weighted by Gasteiger charge is -2.39. The number of rotatable bonds is 5. The molecule has 0 radical (unpaired) electrons. The van der Waals surface area contributed by atoms with E-state index in [2.05, 4.69) is 17.3 Å². The fraction of sp³-hybridized carbons (Fsp3) is 0.500. The number of amides is 1. The molecule has 1 aromatic carbocycles. The molecule has 2 unspecified atom stereocenters. The second kappa shape index (κ2) is 8.95. The molecule has 0 bridgehead atoms. The molecule has 0 aromatic heterocycles. The highest BCUT2D eigenvalue weighted by atomic mass is 19.1. The third kappa shape index (κ3) is 4.50. The molecule has 3 rings (SSSR count). The van der Waals surface area contributed by atoms with Crippen molar-refractivity contribution in [1.82, 2.24) is 10.2 Å². The number of benzene rings is 1. The van der Waals surface area contributed by atoms with Crippen LogP contribution in [0.2, 0.25) is 0 Å². The van der Waals surface area contributed by atoms with E-state index in [-0.39, 0.29) is 29.8 Å². The summed E-state index contributed by atoms with van der Waals surface area (Å²) in [6.45, 7) is -0.0474. The van der Waals surface area contributed by atoms with Crippen molar-refractivity contribution >= 4 is 5.91 Å². The van der Waals surface area contributed by atoms with Gasteiger partial charge in [0.1, 0.15) is 6.04 Å². The van der Waals surface area contributed by atoms with Gasteiger partial charge >= 0.3 is 0 Å². The molecule has 1 aliphatic carbocycles. The summed E-state index contributed by atoms with van der Waals surface area (Å²) in [5, 5.41) is 21.4. The molecule has 0 spiro atoms. The van der Waals surface area contributed by atoms with E-state index in [0.29, 0.717) is 25.7 Å². The van der Waals surface area contributed by atoms with Crippen LogP contribution in [-0.2, 0) is 4.79 Å². The maximum Gasteiger partial charge on any atom is 0.238 e. The van der Waals surface area contributed by atoms with E-state index < -0.39 is 17.6 Å². The Bertz CT molecular complexity index is 868. The highest BCUT2D eigenvalue weighted by Crippen LogP contribution is 2.33. The lowest BCUT2D eigenvalue weighted by Crippen LogP contribution is -2.56. The molecule has 150 valence electrons. The molecule has 1 amide bonds. The van der Waals surface area contributed by atoms with Gasteiger partial charge in [-0.1, -0.05) is 12.3 Å². The van der Waals surface area contributed by atoms with Crippen LogP contribution in [-0.4, -0.2) is 35.2 Å². The van der Waals surface area contributed by atoms with Crippen LogP contribution in [0.5, 0.6) is 5.75 Å². The van der Waals surface area contributed by atoms with Crippen molar-refractivity contribution in [1.29, 1.82) is 10.5 Å². The molecule has 1 saturated heterocycles. The Kier molecular flexibility index (Phi) is 6.37. The lowest BCUT2D eigenvalue weighted by molar-refractivity contribution is -0.133. The maximum absolute atomic E-state index is 14.4. The SMILES string of the molecule is C#CC1CCC(C#N)N1C(=O)CNC1(Oc2ccc(C#N)cc2F)CCCCC1. The van der Waals surface area contributed by atoms with Crippen molar-refractivity contribution in [3.63, 3.8) is 0 Å². The van der Waals surface area contributed by atoms with Crippen LogP contribution in [0.25, 0.3) is 0 Å². The standard InChI is InChI=1S/C22H23FN4O2/c1-2-17-7-8-18(14-25)27(17)21(28)15-26-22(10-4-3-5-11-22)29-20-9-6-16(13-24)12-19(20)23/h1,6,9,12,17-18,26H,3-5,7-8,10-11,15H2. The van der Waals surface area contributed by atoms with Gasteiger partial charge in [0.05, 0.1) is 30.3 Å². The van der Waals surface area contributed by atoms with Crippen LogP contribution in [0, 0.1) is 40.8 Å². The summed E-state index contributed by atoms with van der Waals surface area (Å²) < 4.78 is 20.4. The fourth-order valence-corrected chi connectivity index (χ4v) is 4.08. The number of carbonyl (C=O) groups is 1. The molecule has 2 fully saturated rings. The summed E-state index contributed by atoms with van der Waals surface area (Å²) in [5.74, 6) is 1.76. The number of halogens is 1. The summed E-state index contributed by atoms with van der Waals surface area (Å²) in [6, 6.07) is 7.20. The van der Waals surface area contributed by atoms with Crippen molar-refractivity contribution in [2.75, 3.05) is 6.54 Å². The van der Waals surface area contributed by atoms with E-state index in [9.17, 15) is 14.4 Å². The highest BCUT2D eigenvalue weighted by molar-refractivity contribution is 5.80. The Balaban J connectivity index is 1.74. The van der Waals surface area contributed by atoms with E-state index in [0.717, 1.165) is 25.3 Å². The van der Waals surface area contributed by atoms with E-state index in [4.69, 9.17) is 16.4 Å². The number of hydrogen-bond acceptors (Lipinski definition) is 5. The zero-order chi connectivity index (χ0) is 20.9. The van der Waals surface area contributed by atoms with Crippen LogP contribution >= 0.6 is 0 Å². The van der Waals surface area contributed by atoms with Gasteiger partial charge in [-0.15, -0.1) is 6.42 Å². The minimum absolute atomic E-state index is 0.0448. The first kappa shape index (κ1) is 20.6. The Labute approximate surface area is 170 Å². The van der Waals surface area contributed by atoms with Gasteiger partial charge in [-0.05, 0) is 43.9 Å². The fourth-order valence-electron chi connectivity index (χ4n) is 4.08. The Morgan fingerprint density at radius 2 is 2.00 bits per heavy atom. The second-order valence-corrected chi connectivity index (χ2v) is 7.47. The summed E-state index contributed by atoms with van der Waals surface area (Å²) in [5.41, 5.74) is -0.663. The highest BCUT2D eigenvalue weighted by Gasteiger charge is 2.39. The monoisotopic (exact) mass is 394 g/mol. The predicted molar refractivity (Wildman–Crippen MR) is 104 cm³/mol. The van der Waals surface area contributed by atoms with Crippen LogP contribution in [0.3, 0.4) is 0 Å². The molecular weight excluding hydrogens is 371 g/mol. The molecule has 29 heavy (non-hydrogen) atoms. The lowest BCUT2D eigenvalue weighted by atomic mass is 9.91. The molecular formula is C22H23FN4O2. The third-order valence-electron chi connectivity index (χ3n) is 5.60. The van der Waals surface area contributed by atoms with Crippen molar-refractivity contribution in [2.45, 2.75) is 62.8 Å². The van der Waals surface area contributed by atoms with Gasteiger partial charge in [0.2, 0.25) is 5.91 Å². The van der Waals surface area contributed by atoms with Gasteiger partial charge in [0.15, 0.2) is 17.3 Å². The summed E-state index contributed by atoms with van der Waals surface area (Å²) in [4.78, 5) is 14.3. The molecule has 1 heterocycles. The normalized spacial score (nSPS) is 22.9. The van der Waals surface area contributed by atoms with Crippen LogP contribution in [0.15, 0.2) is 18.2 Å². The van der Waals surface area contributed by atoms with Gasteiger partial charge in [0.25, 0.3) is 0 Å². The minimum atomic E-state index is -0.879. The van der Waals surface area contributed by atoms with E-state index >= 15 is 0 Å². The number of terminal acetylenes is 1. The quantitative estimate of drug-likeness (QED) is 0.613. The zero-order valence-corrected chi connectivity index (χ0v) is 16.2. The molecule has 2 atom stereocenters. The molecule has 1 N–H and O–H groups in total. The van der Waals surface area contributed by atoms with Gasteiger partial charge in [-0.25, -0.2) is 4.39 Å². The zero-order valence-electron chi connectivity index (χ0n) is 16.2. The largest absolute Gasteiger partial charge is 0.470 e. The van der Waals surface area contributed by atoms with Crippen molar-refractivity contribution in [3.05, 3.63) is 29.6 Å². The number of hydrogen-bond donors (Lipinski definition) is 1. The van der Waals surface area contributed by atoms with Crippen molar-refractivity contribution < 1.29 is 13.9 Å². The van der Waals surface area contributed by atoms with Crippen molar-refractivity contribution in [2.24, 2.45) is 0 Å². The Morgan fingerprint density at radius 3 is 2.62 bits per heavy atom. The number of nitrogens with zero attached hydrogens (tertiary/aromatic N) is 3. The maximum atomic E-state index is 14.4. The summed E-state index contributed by atoms with van der Waals surface area (Å²) in [7, 11) is 0. The minimum Gasteiger partial charge on any atom is -0.470 e. The average Bonchev–Trinajstić information content (AvgIpc) is 3.17. The number of carbonyl (C=O) groups excluding carboxylic acids is 1. The summed E-state index contributed by atoms with van der Waals surface area (Å²) in [6.07, 6.45) is 10.8. The first-order valence-electron chi connectivity index (χ1n) is 9.82. The Morgan fingerprint density at radius 1 is 1.28 bits per heavy atom. The first-order chi connectivity index (χ1) is 14.0. The second-order valence-electron chi connectivity index (χ2n) is 7.47. The van der Waals surface area contributed by atoms with Gasteiger partial charge in [-0.2, -0.15) is 10.5 Å². The number of nitriles is 2. The van der Waals surface area contributed by atoms with Gasteiger partial charge < -0.3 is 9.64 Å². The van der Waals surface area contributed by atoms with Crippen LogP contribution in [0.4, 0.5) is 4.39 Å². The van der Waals surface area contributed by atoms with Crippen molar-refractivity contribution in [3.8, 4) is 30.2 Å². The molecule has 1 aliphatic heterocycles. The van der Waals surface area contributed by atoms with E-state index in [1.54, 1.807) is 0 Å². The summed E-state index contributed by atoms with van der Waals surface area (Å²) >= 11 is 0. The average molecular weight is 394 g/mol. The van der Waals surface area contributed by atoms with Gasteiger partial charge in [0, 0.05) is 12.8 Å². The molecule has 1 saturated carbocycles. The van der Waals surface area contributed by atoms with Gasteiger partial charge in [-0.3, -0.25) is 10.1 Å².